The Morgan fingerprint density at radius 1 is 1.56 bits per heavy atom. The summed E-state index contributed by atoms with van der Waals surface area (Å²) in [7, 11) is 0. The first-order chi connectivity index (χ1) is 7.66. The number of rotatable bonds is 3. The molecule has 0 atom stereocenters. The zero-order valence-electron chi connectivity index (χ0n) is 8.49. The Labute approximate surface area is 110 Å². The van der Waals surface area contributed by atoms with Gasteiger partial charge in [0.25, 0.3) is 5.91 Å². The van der Waals surface area contributed by atoms with Crippen LogP contribution in [0.2, 0.25) is 0 Å². The normalized spacial score (nSPS) is 10.4. The molecule has 0 aliphatic carbocycles. The van der Waals surface area contributed by atoms with Gasteiger partial charge in [0.15, 0.2) is 0 Å². The Morgan fingerprint density at radius 3 is 2.94 bits per heavy atom. The molecule has 3 nitrogen and oxygen atoms in total. The number of nitrogens with zero attached hydrogens (tertiary/aromatic N) is 1. The molecule has 0 fully saturated rings. The fraction of sp³-hybridized carbons (Fsp3) is 0.200. The van der Waals surface area contributed by atoms with E-state index in [4.69, 9.17) is 0 Å². The Kier molecular flexibility index (Phi) is 3.73. The first-order valence-corrected chi connectivity index (χ1v) is 7.08. The average Bonchev–Trinajstić information content (AvgIpc) is 2.84. The van der Waals surface area contributed by atoms with Crippen molar-refractivity contribution in [1.82, 2.24) is 10.3 Å². The van der Waals surface area contributed by atoms with E-state index in [-0.39, 0.29) is 5.91 Å². The largest absolute Gasteiger partial charge is 0.346 e. The molecule has 2 heterocycles. The predicted octanol–water partition coefficient (Wildman–Crippen LogP) is 3.21. The lowest BCUT2D eigenvalue weighted by atomic mass is 10.4. The zero-order valence-corrected chi connectivity index (χ0v) is 11.7. The Morgan fingerprint density at radius 2 is 2.38 bits per heavy atom. The van der Waals surface area contributed by atoms with Gasteiger partial charge in [0, 0.05) is 4.88 Å². The van der Waals surface area contributed by atoms with E-state index in [9.17, 15) is 4.79 Å². The van der Waals surface area contributed by atoms with Crippen molar-refractivity contribution in [2.75, 3.05) is 0 Å². The number of hydrogen-bond acceptors (Lipinski definition) is 4. The van der Waals surface area contributed by atoms with Gasteiger partial charge in [-0.15, -0.1) is 22.7 Å². The summed E-state index contributed by atoms with van der Waals surface area (Å²) >= 11 is 6.32. The van der Waals surface area contributed by atoms with E-state index >= 15 is 0 Å². The first kappa shape index (κ1) is 11.8. The van der Waals surface area contributed by atoms with Gasteiger partial charge in [-0.25, -0.2) is 4.98 Å². The smallest absolute Gasteiger partial charge is 0.261 e. The molecule has 6 heteroatoms. The van der Waals surface area contributed by atoms with Crippen molar-refractivity contribution < 1.29 is 4.79 Å². The van der Waals surface area contributed by atoms with Gasteiger partial charge < -0.3 is 5.32 Å². The third kappa shape index (κ3) is 2.69. The van der Waals surface area contributed by atoms with Crippen LogP contribution in [0.3, 0.4) is 0 Å². The number of nitrogens with one attached hydrogen (secondary N) is 1. The molecular formula is C10H9BrN2OS2. The lowest BCUT2D eigenvalue weighted by Gasteiger charge is -2.01. The van der Waals surface area contributed by atoms with Crippen LogP contribution in [-0.4, -0.2) is 10.9 Å². The van der Waals surface area contributed by atoms with Crippen LogP contribution in [0.25, 0.3) is 0 Å². The third-order valence-electron chi connectivity index (χ3n) is 2.05. The summed E-state index contributed by atoms with van der Waals surface area (Å²) in [6, 6.07) is 3.68. The molecule has 0 aromatic carbocycles. The summed E-state index contributed by atoms with van der Waals surface area (Å²) in [6.07, 6.45) is 0. The van der Waals surface area contributed by atoms with Crippen LogP contribution in [0, 0.1) is 6.92 Å². The second-order valence-electron chi connectivity index (χ2n) is 3.15. The van der Waals surface area contributed by atoms with Gasteiger partial charge in [-0.2, -0.15) is 0 Å². The monoisotopic (exact) mass is 316 g/mol. The van der Waals surface area contributed by atoms with Gasteiger partial charge in [-0.1, -0.05) is 0 Å². The molecule has 2 aromatic rings. The van der Waals surface area contributed by atoms with Gasteiger partial charge in [0.05, 0.1) is 26.4 Å². The van der Waals surface area contributed by atoms with Gasteiger partial charge in [0.1, 0.15) is 0 Å². The lowest BCUT2D eigenvalue weighted by molar-refractivity contribution is 0.0955. The van der Waals surface area contributed by atoms with Crippen molar-refractivity contribution in [1.29, 1.82) is 0 Å². The maximum absolute atomic E-state index is 11.7. The number of aryl methyl sites for hydroxylation is 1. The quantitative estimate of drug-likeness (QED) is 0.944. The van der Waals surface area contributed by atoms with Crippen LogP contribution >= 0.6 is 38.6 Å². The summed E-state index contributed by atoms with van der Waals surface area (Å²) in [6.45, 7) is 2.49. The molecule has 0 aliphatic heterocycles. The Hall–Kier alpha value is -0.720. The fourth-order valence-corrected chi connectivity index (χ4v) is 3.20. The second kappa shape index (κ2) is 5.07. The number of carbonyl (C=O) groups is 1. The molecule has 1 amide bonds. The highest BCUT2D eigenvalue weighted by molar-refractivity contribution is 9.11. The Balaban J connectivity index is 1.96. The van der Waals surface area contributed by atoms with Crippen molar-refractivity contribution in [3.63, 3.8) is 0 Å². The van der Waals surface area contributed by atoms with Crippen molar-refractivity contribution in [3.8, 4) is 0 Å². The molecule has 2 rings (SSSR count). The summed E-state index contributed by atoms with van der Waals surface area (Å²) < 4.78 is 0.964. The van der Waals surface area contributed by atoms with E-state index in [1.165, 1.54) is 11.3 Å². The first-order valence-electron chi connectivity index (χ1n) is 4.59. The number of aromatic nitrogens is 1. The minimum absolute atomic E-state index is 0.0384. The van der Waals surface area contributed by atoms with Crippen molar-refractivity contribution in [3.05, 3.63) is 36.9 Å². The molecule has 2 aromatic heterocycles. The molecule has 0 bridgehead atoms. The molecule has 84 valence electrons. The number of thiazole rings is 1. The number of carbonyl (C=O) groups excluding carboxylic acids is 1. The highest BCUT2D eigenvalue weighted by Crippen LogP contribution is 2.22. The standard InChI is InChI=1S/C10H9BrN2OS2/c1-6-8(15-5-13-6)4-12-10(14)7-2-3-9(11)16-7/h2-3,5H,4H2,1H3,(H,12,14). The summed E-state index contributed by atoms with van der Waals surface area (Å²) in [4.78, 5) is 17.7. The van der Waals surface area contributed by atoms with Gasteiger partial charge in [0.2, 0.25) is 0 Å². The van der Waals surface area contributed by atoms with Crippen LogP contribution < -0.4 is 5.32 Å². The maximum Gasteiger partial charge on any atom is 0.261 e. The molecular weight excluding hydrogens is 308 g/mol. The SMILES string of the molecule is Cc1ncsc1CNC(=O)c1ccc(Br)s1. The molecule has 0 radical (unpaired) electrons. The lowest BCUT2D eigenvalue weighted by Crippen LogP contribution is -2.21. The van der Waals surface area contributed by atoms with Crippen LogP contribution in [0.5, 0.6) is 0 Å². The van der Waals surface area contributed by atoms with Crippen LogP contribution in [0.15, 0.2) is 21.4 Å². The second-order valence-corrected chi connectivity index (χ2v) is 6.55. The van der Waals surface area contributed by atoms with E-state index in [1.54, 1.807) is 16.8 Å². The van der Waals surface area contributed by atoms with E-state index in [0.717, 1.165) is 14.4 Å². The zero-order chi connectivity index (χ0) is 11.5. The number of halogens is 1. The van der Waals surface area contributed by atoms with Crippen molar-refractivity contribution in [2.24, 2.45) is 0 Å². The molecule has 0 saturated heterocycles. The minimum Gasteiger partial charge on any atom is -0.346 e. The fourth-order valence-electron chi connectivity index (χ4n) is 1.18. The number of hydrogen-bond donors (Lipinski definition) is 1. The van der Waals surface area contributed by atoms with Crippen molar-refractivity contribution >= 4 is 44.5 Å². The molecule has 16 heavy (non-hydrogen) atoms. The van der Waals surface area contributed by atoms with Gasteiger partial charge >= 0.3 is 0 Å². The van der Waals surface area contributed by atoms with Crippen LogP contribution in [0.1, 0.15) is 20.2 Å². The highest BCUT2D eigenvalue weighted by atomic mass is 79.9. The summed E-state index contributed by atoms with van der Waals surface area (Å²) in [5, 5.41) is 2.88. The van der Waals surface area contributed by atoms with Crippen LogP contribution in [-0.2, 0) is 6.54 Å². The molecule has 1 N–H and O–H groups in total. The van der Waals surface area contributed by atoms with E-state index in [2.05, 4.69) is 26.2 Å². The third-order valence-corrected chi connectivity index (χ3v) is 4.61. The molecule has 0 aliphatic rings. The topological polar surface area (TPSA) is 42.0 Å². The number of thiophene rings is 1. The minimum atomic E-state index is -0.0384. The Bertz CT molecular complexity index is 506. The molecule has 0 spiro atoms. The molecule has 0 saturated carbocycles. The van der Waals surface area contributed by atoms with E-state index < -0.39 is 0 Å². The van der Waals surface area contributed by atoms with Crippen LogP contribution in [0.4, 0.5) is 0 Å². The van der Waals surface area contributed by atoms with Crippen molar-refractivity contribution in [2.45, 2.75) is 13.5 Å². The van der Waals surface area contributed by atoms with Gasteiger partial charge in [-0.3, -0.25) is 4.79 Å². The highest BCUT2D eigenvalue weighted by Gasteiger charge is 2.09. The summed E-state index contributed by atoms with van der Waals surface area (Å²) in [5.41, 5.74) is 2.77. The number of amides is 1. The van der Waals surface area contributed by atoms with E-state index in [0.29, 0.717) is 11.4 Å². The van der Waals surface area contributed by atoms with Gasteiger partial charge in [-0.05, 0) is 35.0 Å². The summed E-state index contributed by atoms with van der Waals surface area (Å²) in [5.74, 6) is -0.0384. The average molecular weight is 317 g/mol. The van der Waals surface area contributed by atoms with E-state index in [1.807, 2.05) is 19.1 Å². The maximum atomic E-state index is 11.7. The molecule has 0 unspecified atom stereocenters. The predicted molar refractivity (Wildman–Crippen MR) is 70.0 cm³/mol.